The van der Waals surface area contributed by atoms with E-state index in [1.54, 1.807) is 0 Å². The molecule has 3 unspecified atom stereocenters. The molecular weight excluding hydrogens is 1340 g/mol. The quantitative estimate of drug-likeness (QED) is 0.0169. The summed E-state index contributed by atoms with van der Waals surface area (Å²) in [5.41, 5.74) is 0. The summed E-state index contributed by atoms with van der Waals surface area (Å²) in [6.07, 6.45) is 66.2. The van der Waals surface area contributed by atoms with Crippen LogP contribution in [-0.2, 0) is 65.4 Å². The van der Waals surface area contributed by atoms with Gasteiger partial charge in [-0.1, -0.05) is 362 Å². The minimum atomic E-state index is -4.97. The summed E-state index contributed by atoms with van der Waals surface area (Å²) in [6, 6.07) is 0. The van der Waals surface area contributed by atoms with E-state index in [1.165, 1.54) is 205 Å². The highest BCUT2D eigenvalue weighted by Crippen LogP contribution is 2.45. The average Bonchev–Trinajstić information content (AvgIpc) is 0.937. The molecule has 0 aromatic rings. The molecule has 3 N–H and O–H groups in total. The zero-order valence-corrected chi connectivity index (χ0v) is 69.1. The average molecular weight is 1500 g/mol. The highest BCUT2D eigenvalue weighted by atomic mass is 31.2. The molecule has 0 saturated heterocycles. The van der Waals surface area contributed by atoms with Crippen molar-refractivity contribution in [3.8, 4) is 0 Å². The number of ether oxygens (including phenoxy) is 4. The number of hydrogen-bond acceptors (Lipinski definition) is 15. The maximum Gasteiger partial charge on any atom is 0.472 e. The predicted molar refractivity (Wildman–Crippen MR) is 423 cm³/mol. The number of phosphoric ester groups is 2. The number of allylic oxidation sites excluding steroid dienone is 4. The molecule has 0 aromatic heterocycles. The smallest absolute Gasteiger partial charge is 0.462 e. The van der Waals surface area contributed by atoms with Gasteiger partial charge in [-0.15, -0.1) is 0 Å². The molecule has 608 valence electrons. The van der Waals surface area contributed by atoms with Crippen molar-refractivity contribution in [1.29, 1.82) is 0 Å². The summed E-state index contributed by atoms with van der Waals surface area (Å²) < 4.78 is 68.7. The van der Waals surface area contributed by atoms with Crippen molar-refractivity contribution in [3.63, 3.8) is 0 Å². The van der Waals surface area contributed by atoms with Crippen LogP contribution in [0.1, 0.15) is 414 Å². The Kier molecular flexibility index (Phi) is 71.9. The molecule has 103 heavy (non-hydrogen) atoms. The summed E-state index contributed by atoms with van der Waals surface area (Å²) in [5.74, 6) is 0.181. The number of esters is 4. The molecule has 0 aliphatic rings. The van der Waals surface area contributed by atoms with E-state index in [4.69, 9.17) is 37.0 Å². The molecule has 0 radical (unpaired) electrons. The third-order valence-electron chi connectivity index (χ3n) is 19.0. The fourth-order valence-electron chi connectivity index (χ4n) is 12.5. The summed E-state index contributed by atoms with van der Waals surface area (Å²) in [6.45, 7) is 11.9. The van der Waals surface area contributed by atoms with Gasteiger partial charge >= 0.3 is 39.5 Å². The topological polar surface area (TPSA) is 237 Å². The van der Waals surface area contributed by atoms with E-state index in [-0.39, 0.29) is 25.7 Å². The molecule has 0 heterocycles. The highest BCUT2D eigenvalue weighted by molar-refractivity contribution is 7.47. The number of aliphatic hydroxyl groups is 1. The van der Waals surface area contributed by atoms with Gasteiger partial charge in [0.15, 0.2) is 12.2 Å². The van der Waals surface area contributed by atoms with Gasteiger partial charge in [0.1, 0.15) is 19.3 Å². The first kappa shape index (κ1) is 101. The molecule has 0 saturated carbocycles. The Hall–Kier alpha value is -2.46. The first-order valence-electron chi connectivity index (χ1n) is 42.7. The van der Waals surface area contributed by atoms with Gasteiger partial charge in [-0.3, -0.25) is 37.3 Å². The summed E-state index contributed by atoms with van der Waals surface area (Å²) in [7, 11) is -9.94. The molecule has 0 rings (SSSR count). The second-order valence-corrected chi connectivity index (χ2v) is 33.9. The van der Waals surface area contributed by atoms with Crippen molar-refractivity contribution in [2.45, 2.75) is 433 Å². The van der Waals surface area contributed by atoms with Gasteiger partial charge in [-0.05, 0) is 69.1 Å². The fourth-order valence-corrected chi connectivity index (χ4v) is 14.1. The van der Waals surface area contributed by atoms with Crippen LogP contribution in [0.3, 0.4) is 0 Å². The summed E-state index contributed by atoms with van der Waals surface area (Å²) in [4.78, 5) is 73.1. The van der Waals surface area contributed by atoms with Crippen LogP contribution in [0.5, 0.6) is 0 Å². The normalized spacial score (nSPS) is 14.1. The molecule has 0 spiro atoms. The predicted octanol–water partition coefficient (Wildman–Crippen LogP) is 24.9. The Bertz CT molecular complexity index is 2090. The van der Waals surface area contributed by atoms with Gasteiger partial charge in [0.2, 0.25) is 0 Å². The lowest BCUT2D eigenvalue weighted by molar-refractivity contribution is -0.161. The fraction of sp³-hybridized carbons (Fsp3) is 0.905. The van der Waals surface area contributed by atoms with Gasteiger partial charge in [-0.2, -0.15) is 0 Å². The van der Waals surface area contributed by atoms with Gasteiger partial charge in [0.25, 0.3) is 0 Å². The second-order valence-electron chi connectivity index (χ2n) is 31.0. The van der Waals surface area contributed by atoms with Crippen LogP contribution in [0.15, 0.2) is 24.3 Å². The van der Waals surface area contributed by atoms with E-state index in [0.717, 1.165) is 121 Å². The molecule has 0 fully saturated rings. The zero-order chi connectivity index (χ0) is 75.8. The van der Waals surface area contributed by atoms with E-state index in [2.05, 4.69) is 72.8 Å². The van der Waals surface area contributed by atoms with Crippen LogP contribution in [0, 0.1) is 17.8 Å². The van der Waals surface area contributed by atoms with Gasteiger partial charge in [0.05, 0.1) is 26.4 Å². The summed E-state index contributed by atoms with van der Waals surface area (Å²) >= 11 is 0. The summed E-state index contributed by atoms with van der Waals surface area (Å²) in [5, 5.41) is 10.7. The molecule has 17 nitrogen and oxygen atoms in total. The standard InChI is InChI=1S/C84H160O17P2/c1-8-9-10-11-12-13-14-15-20-28-33-38-45-53-60-67-83(88)100-79(71-94-81(86)65-58-51-44-37-32-27-24-23-26-31-36-42-49-56-63-76(4)5)73-98-102(90,91)96-69-78(85)70-97-103(92,93)99-74-80(72-95-82(87)66-59-52-47-40-43-50-57-64-77(6)7)101-84(89)68-61-54-46-39-34-29-22-19-17-16-18-21-25-30-35-41-48-55-62-75(2)3/h13-15,20,75-80,85H,8-12,16-19,21-74H2,1-7H3,(H,90,91)(H,92,93)/b14-13-,20-15-/t78?,79-,80-/m1/s1. The van der Waals surface area contributed by atoms with E-state index in [0.29, 0.717) is 31.6 Å². The molecule has 5 atom stereocenters. The Morgan fingerprint density at radius 3 is 0.786 bits per heavy atom. The Morgan fingerprint density at radius 2 is 0.524 bits per heavy atom. The lowest BCUT2D eigenvalue weighted by atomic mass is 10.0. The molecule has 0 aliphatic heterocycles. The van der Waals surface area contributed by atoms with Crippen molar-refractivity contribution in [3.05, 3.63) is 24.3 Å². The first-order chi connectivity index (χ1) is 49.7. The van der Waals surface area contributed by atoms with Gasteiger partial charge in [0, 0.05) is 25.7 Å². The number of phosphoric acid groups is 2. The largest absolute Gasteiger partial charge is 0.472 e. The van der Waals surface area contributed by atoms with E-state index < -0.39 is 97.5 Å². The van der Waals surface area contributed by atoms with Crippen molar-refractivity contribution < 1.29 is 80.2 Å². The lowest BCUT2D eigenvalue weighted by Crippen LogP contribution is -2.30. The Morgan fingerprint density at radius 1 is 0.301 bits per heavy atom. The molecule has 0 bridgehead atoms. The van der Waals surface area contributed by atoms with Crippen molar-refractivity contribution in [2.75, 3.05) is 39.6 Å². The van der Waals surface area contributed by atoms with Crippen LogP contribution in [-0.4, -0.2) is 96.7 Å². The van der Waals surface area contributed by atoms with Crippen LogP contribution >= 0.6 is 15.6 Å². The number of carbonyl (C=O) groups is 4. The minimum Gasteiger partial charge on any atom is -0.462 e. The Labute approximate surface area is 631 Å². The molecule has 19 heteroatoms. The minimum absolute atomic E-state index is 0.0851. The van der Waals surface area contributed by atoms with Crippen LogP contribution < -0.4 is 0 Å². The van der Waals surface area contributed by atoms with Crippen LogP contribution in [0.4, 0.5) is 0 Å². The van der Waals surface area contributed by atoms with Crippen LogP contribution in [0.25, 0.3) is 0 Å². The number of unbranched alkanes of at least 4 members (excludes halogenated alkanes) is 45. The van der Waals surface area contributed by atoms with Gasteiger partial charge < -0.3 is 33.8 Å². The van der Waals surface area contributed by atoms with Gasteiger partial charge in [-0.25, -0.2) is 9.13 Å². The molecule has 0 aliphatic carbocycles. The maximum absolute atomic E-state index is 13.1. The SMILES string of the molecule is CCCCCC/C=C\C=C/CCCCCCCC(=O)O[C@H](COC(=O)CCCCCCCCCCCCCCCCC(C)C)COP(=O)(O)OCC(O)COP(=O)(O)OC[C@@H](COC(=O)CCCCCCCCCC(C)C)OC(=O)CCCCCCCCCCCCCCCCCCCCC(C)C. The van der Waals surface area contributed by atoms with E-state index in [1.807, 2.05) is 0 Å². The van der Waals surface area contributed by atoms with Crippen LogP contribution in [0.2, 0.25) is 0 Å². The Balaban J connectivity index is 5.24. The second kappa shape index (κ2) is 73.7. The number of rotatable bonds is 80. The number of aliphatic hydroxyl groups excluding tert-OH is 1. The third-order valence-corrected chi connectivity index (χ3v) is 20.9. The molecule has 0 amide bonds. The van der Waals surface area contributed by atoms with E-state index in [9.17, 15) is 43.2 Å². The highest BCUT2D eigenvalue weighted by Gasteiger charge is 2.30. The molecular formula is C84H160O17P2. The zero-order valence-electron chi connectivity index (χ0n) is 67.3. The van der Waals surface area contributed by atoms with Crippen molar-refractivity contribution in [2.24, 2.45) is 17.8 Å². The lowest BCUT2D eigenvalue weighted by Gasteiger charge is -2.21. The maximum atomic E-state index is 13.1. The van der Waals surface area contributed by atoms with Crippen molar-refractivity contribution >= 4 is 39.5 Å². The number of hydrogen-bond donors (Lipinski definition) is 3. The number of carbonyl (C=O) groups excluding carboxylic acids is 4. The van der Waals surface area contributed by atoms with E-state index >= 15 is 0 Å². The van der Waals surface area contributed by atoms with Crippen molar-refractivity contribution in [1.82, 2.24) is 0 Å². The first-order valence-corrected chi connectivity index (χ1v) is 45.7. The molecule has 0 aromatic carbocycles. The monoisotopic (exact) mass is 1500 g/mol. The third kappa shape index (κ3) is 77.5.